The number of amides is 1. The number of carbonyl (C=O) groups is 2. The molecule has 4 N–H and O–H groups in total. The minimum absolute atomic E-state index is 0.223. The molecule has 3 heterocycles. The van der Waals surface area contributed by atoms with Gasteiger partial charge in [-0.3, -0.25) is 9.36 Å². The zero-order valence-corrected chi connectivity index (χ0v) is 22.4. The Bertz CT molecular complexity index is 1220. The van der Waals surface area contributed by atoms with Crippen LogP contribution in [0.25, 0.3) is 0 Å². The molecule has 2 aromatic rings. The van der Waals surface area contributed by atoms with Crippen LogP contribution in [0.5, 0.6) is 0 Å². The Kier molecular flexibility index (Phi) is 11.2. The van der Waals surface area contributed by atoms with Gasteiger partial charge in [0.1, 0.15) is 17.6 Å². The second-order valence-electron chi connectivity index (χ2n) is 9.87. The number of carboxylic acids is 1. The number of pyridine rings is 1. The summed E-state index contributed by atoms with van der Waals surface area (Å²) in [5, 5.41) is 30.7. The van der Waals surface area contributed by atoms with E-state index in [2.05, 4.69) is 22.2 Å². The minimum Gasteiger partial charge on any atom is -0.477 e. The number of anilines is 1. The first kappa shape index (κ1) is 31.2. The zero-order valence-electron chi connectivity index (χ0n) is 22.4. The van der Waals surface area contributed by atoms with E-state index in [0.717, 1.165) is 37.9 Å². The molecule has 1 fully saturated rings. The highest BCUT2D eigenvalue weighted by Gasteiger charge is 2.59. The van der Waals surface area contributed by atoms with Gasteiger partial charge in [0.2, 0.25) is 6.23 Å². The molecule has 3 atom stereocenters. The molecular weight excluding hydrogens is 530 g/mol. The largest absolute Gasteiger partial charge is 0.477 e. The van der Waals surface area contributed by atoms with E-state index in [1.807, 2.05) is 0 Å². The van der Waals surface area contributed by atoms with Crippen LogP contribution in [-0.4, -0.2) is 66.5 Å². The van der Waals surface area contributed by atoms with Crippen molar-refractivity contribution in [3.63, 3.8) is 0 Å². The second kappa shape index (κ2) is 14.4. The molecular formula is C27H36F2N4O7. The molecule has 11 nitrogen and oxygen atoms in total. The monoisotopic (exact) mass is 566 g/mol. The smallest absolute Gasteiger partial charge is 0.354 e. The summed E-state index contributed by atoms with van der Waals surface area (Å²) in [6.07, 6.45) is 5.42. The van der Waals surface area contributed by atoms with Crippen molar-refractivity contribution in [3.8, 4) is 0 Å². The van der Waals surface area contributed by atoms with Gasteiger partial charge in [-0.2, -0.15) is 13.8 Å². The third-order valence-corrected chi connectivity index (χ3v) is 6.85. The van der Waals surface area contributed by atoms with E-state index in [4.69, 9.17) is 9.84 Å². The molecule has 0 radical (unpaired) electrons. The number of aromatic nitrogens is 3. The van der Waals surface area contributed by atoms with Crippen molar-refractivity contribution in [2.45, 2.75) is 95.5 Å². The number of aryl methyl sites for hydroxylation is 1. The summed E-state index contributed by atoms with van der Waals surface area (Å²) >= 11 is 0. The van der Waals surface area contributed by atoms with Gasteiger partial charge in [-0.15, -0.1) is 0 Å². The van der Waals surface area contributed by atoms with Gasteiger partial charge in [0, 0.05) is 6.20 Å². The standard InChI is InChI=1S/C27H36F2N4O7/c1-2-3-4-5-6-7-8-9-10-11-17-12-13-18(30-21(17)24(37)38)23(36)31-20-14-15-33(26(39)32-20)25-27(28,29)22(35)19(16-34)40-25/h12-15,19,22,25,34-35H,2-11,16H2,1H3,(H,37,38)(H,31,32,36,39)/t19-,22-,25-/m1/s1. The molecule has 0 saturated carbocycles. The maximum absolute atomic E-state index is 14.4. The van der Waals surface area contributed by atoms with Crippen molar-refractivity contribution in [1.82, 2.24) is 14.5 Å². The molecule has 220 valence electrons. The van der Waals surface area contributed by atoms with Crippen LogP contribution in [0.3, 0.4) is 0 Å². The summed E-state index contributed by atoms with van der Waals surface area (Å²) in [5.74, 6) is -6.29. The van der Waals surface area contributed by atoms with E-state index in [0.29, 0.717) is 16.6 Å². The van der Waals surface area contributed by atoms with E-state index in [-0.39, 0.29) is 17.2 Å². The molecule has 3 rings (SSSR count). The molecule has 1 amide bonds. The number of halogens is 2. The van der Waals surface area contributed by atoms with Crippen molar-refractivity contribution in [2.24, 2.45) is 0 Å². The molecule has 0 aromatic carbocycles. The fourth-order valence-electron chi connectivity index (χ4n) is 4.59. The van der Waals surface area contributed by atoms with Crippen LogP contribution < -0.4 is 11.0 Å². The van der Waals surface area contributed by atoms with E-state index < -0.39 is 48.5 Å². The number of nitrogens with one attached hydrogen (secondary N) is 1. The van der Waals surface area contributed by atoms with E-state index in [1.165, 1.54) is 44.2 Å². The second-order valence-corrected chi connectivity index (χ2v) is 9.87. The summed E-state index contributed by atoms with van der Waals surface area (Å²) in [6, 6.07) is 3.97. The highest BCUT2D eigenvalue weighted by Crippen LogP contribution is 2.42. The van der Waals surface area contributed by atoms with Gasteiger partial charge in [0.05, 0.1) is 6.61 Å². The summed E-state index contributed by atoms with van der Waals surface area (Å²) < 4.78 is 34.1. The first-order valence-corrected chi connectivity index (χ1v) is 13.6. The van der Waals surface area contributed by atoms with Gasteiger partial charge in [-0.1, -0.05) is 64.4 Å². The van der Waals surface area contributed by atoms with Crippen LogP contribution in [0.15, 0.2) is 29.2 Å². The van der Waals surface area contributed by atoms with Crippen molar-refractivity contribution in [2.75, 3.05) is 11.9 Å². The topological polar surface area (TPSA) is 164 Å². The summed E-state index contributed by atoms with van der Waals surface area (Å²) in [4.78, 5) is 44.4. The SMILES string of the molecule is CCCCCCCCCCCc1ccc(C(=O)Nc2ccn([C@@H]3O[C@H](CO)[C@@H](O)C3(F)F)c(=O)n2)nc1C(=O)O. The van der Waals surface area contributed by atoms with E-state index >= 15 is 0 Å². The van der Waals surface area contributed by atoms with E-state index in [9.17, 15) is 33.4 Å². The Morgan fingerprint density at radius 1 is 1.05 bits per heavy atom. The average Bonchev–Trinajstić information content (AvgIpc) is 3.15. The van der Waals surface area contributed by atoms with Crippen molar-refractivity contribution < 1.29 is 38.4 Å². The third-order valence-electron chi connectivity index (χ3n) is 6.85. The van der Waals surface area contributed by atoms with Gasteiger partial charge in [0.15, 0.2) is 11.8 Å². The summed E-state index contributed by atoms with van der Waals surface area (Å²) in [7, 11) is 0. The number of aliphatic hydroxyl groups is 2. The van der Waals surface area contributed by atoms with Gasteiger partial charge in [-0.05, 0) is 30.5 Å². The molecule has 1 aliphatic heterocycles. The van der Waals surface area contributed by atoms with Crippen LogP contribution in [-0.2, 0) is 11.2 Å². The van der Waals surface area contributed by atoms with Crippen molar-refractivity contribution in [3.05, 3.63) is 51.8 Å². The lowest BCUT2D eigenvalue weighted by Gasteiger charge is -2.21. The number of nitrogens with zero attached hydrogens (tertiary/aromatic N) is 3. The van der Waals surface area contributed by atoms with Crippen LogP contribution in [0.1, 0.15) is 97.5 Å². The number of rotatable bonds is 15. The molecule has 1 saturated heterocycles. The number of alkyl halides is 2. The Morgan fingerprint density at radius 3 is 2.27 bits per heavy atom. The van der Waals surface area contributed by atoms with Gasteiger partial charge in [0.25, 0.3) is 5.91 Å². The zero-order chi connectivity index (χ0) is 29.3. The quantitative estimate of drug-likeness (QED) is 0.236. The number of unbranched alkanes of at least 4 members (excludes halogenated alkanes) is 8. The maximum atomic E-state index is 14.4. The highest BCUT2D eigenvalue weighted by atomic mass is 19.3. The first-order chi connectivity index (χ1) is 19.1. The fraction of sp³-hybridized carbons (Fsp3) is 0.593. The Hall–Kier alpha value is -3.29. The van der Waals surface area contributed by atoms with Gasteiger partial charge >= 0.3 is 17.6 Å². The molecule has 0 spiro atoms. The lowest BCUT2D eigenvalue weighted by atomic mass is 10.0. The maximum Gasteiger partial charge on any atom is 0.354 e. The number of aliphatic hydroxyl groups excluding tert-OH is 2. The molecule has 0 aliphatic carbocycles. The Balaban J connectivity index is 1.60. The normalized spacial score (nSPS) is 20.0. The predicted octanol–water partition coefficient (Wildman–Crippen LogP) is 3.55. The van der Waals surface area contributed by atoms with Crippen LogP contribution in [0.2, 0.25) is 0 Å². The predicted molar refractivity (Wildman–Crippen MR) is 141 cm³/mol. The number of carboxylic acid groups (broad SMARTS) is 1. The Morgan fingerprint density at radius 2 is 1.70 bits per heavy atom. The third kappa shape index (κ3) is 7.67. The molecule has 2 aromatic heterocycles. The average molecular weight is 567 g/mol. The summed E-state index contributed by atoms with van der Waals surface area (Å²) in [6.45, 7) is 1.30. The molecule has 0 bridgehead atoms. The Labute approximate surface area is 230 Å². The first-order valence-electron chi connectivity index (χ1n) is 13.6. The molecule has 1 aliphatic rings. The van der Waals surface area contributed by atoms with Gasteiger partial charge < -0.3 is 25.4 Å². The molecule has 40 heavy (non-hydrogen) atoms. The molecule has 0 unspecified atom stereocenters. The van der Waals surface area contributed by atoms with E-state index in [1.54, 1.807) is 0 Å². The van der Waals surface area contributed by atoms with Gasteiger partial charge in [-0.25, -0.2) is 14.6 Å². The lowest BCUT2D eigenvalue weighted by molar-refractivity contribution is -0.140. The minimum atomic E-state index is -3.88. The van der Waals surface area contributed by atoms with Crippen LogP contribution in [0.4, 0.5) is 14.6 Å². The highest BCUT2D eigenvalue weighted by molar-refractivity contribution is 6.03. The van der Waals surface area contributed by atoms with Crippen LogP contribution in [0, 0.1) is 0 Å². The lowest BCUT2D eigenvalue weighted by Crippen LogP contribution is -2.41. The number of ether oxygens (including phenoxy) is 1. The van der Waals surface area contributed by atoms with Crippen molar-refractivity contribution in [1.29, 1.82) is 0 Å². The molecule has 13 heteroatoms. The van der Waals surface area contributed by atoms with Crippen molar-refractivity contribution >= 4 is 17.7 Å². The summed E-state index contributed by atoms with van der Waals surface area (Å²) in [5.41, 5.74) is -1.16. The number of hydrogen-bond donors (Lipinski definition) is 4. The number of carbonyl (C=O) groups excluding carboxylic acids is 1. The number of hydrogen-bond acceptors (Lipinski definition) is 8. The fourth-order valence-corrected chi connectivity index (χ4v) is 4.59. The number of aromatic carboxylic acids is 1. The van der Waals surface area contributed by atoms with Crippen LogP contribution >= 0.6 is 0 Å².